The fourth-order valence-corrected chi connectivity index (χ4v) is 4.63. The topological polar surface area (TPSA) is 83.4 Å². The summed E-state index contributed by atoms with van der Waals surface area (Å²) >= 11 is 4.57. The summed E-state index contributed by atoms with van der Waals surface area (Å²) in [7, 11) is 0. The number of anilines is 1. The highest BCUT2D eigenvalue weighted by molar-refractivity contribution is 9.10. The summed E-state index contributed by atoms with van der Waals surface area (Å²) in [4.78, 5) is 32.3. The number of amidine groups is 1. The number of carbonyl (C=O) groups is 2. The molecule has 0 aliphatic carbocycles. The van der Waals surface area contributed by atoms with Crippen LogP contribution in [0, 0.1) is 6.92 Å². The van der Waals surface area contributed by atoms with Crippen molar-refractivity contribution in [3.05, 3.63) is 75.4 Å². The molecule has 7 nitrogen and oxygen atoms in total. The quantitative estimate of drug-likeness (QED) is 0.449. The number of allylic oxidation sites excluding steroid dienone is 1. The Morgan fingerprint density at radius 2 is 1.88 bits per heavy atom. The van der Waals surface area contributed by atoms with E-state index in [0.717, 1.165) is 21.3 Å². The van der Waals surface area contributed by atoms with E-state index in [0.29, 0.717) is 16.4 Å². The number of nitrogens with zero attached hydrogens (tertiary/aromatic N) is 3. The van der Waals surface area contributed by atoms with Crippen LogP contribution >= 0.6 is 27.7 Å². The molecule has 2 aliphatic heterocycles. The first-order chi connectivity index (χ1) is 15.4. The molecule has 2 aromatic rings. The van der Waals surface area contributed by atoms with Gasteiger partial charge in [-0.05, 0) is 62.4 Å². The highest BCUT2D eigenvalue weighted by Crippen LogP contribution is 2.42. The van der Waals surface area contributed by atoms with Crippen LogP contribution in [0.25, 0.3) is 0 Å². The molecule has 2 aromatic carbocycles. The number of aliphatic imine (C=N–C) groups is 1. The van der Waals surface area contributed by atoms with Crippen LogP contribution in [-0.4, -0.2) is 33.6 Å². The third-order valence-corrected chi connectivity index (χ3v) is 6.46. The second kappa shape index (κ2) is 9.30. The minimum absolute atomic E-state index is 0.235. The van der Waals surface area contributed by atoms with Crippen LogP contribution in [0.15, 0.2) is 74.4 Å². The number of halogens is 1. The summed E-state index contributed by atoms with van der Waals surface area (Å²) in [5.74, 6) is -0.798. The molecule has 4 rings (SSSR count). The van der Waals surface area contributed by atoms with Gasteiger partial charge in [-0.1, -0.05) is 45.8 Å². The molecule has 1 amide bonds. The average molecular weight is 513 g/mol. The van der Waals surface area contributed by atoms with Gasteiger partial charge in [0.25, 0.3) is 5.91 Å². The van der Waals surface area contributed by atoms with Crippen molar-refractivity contribution in [2.24, 2.45) is 10.1 Å². The van der Waals surface area contributed by atoms with Gasteiger partial charge in [0.2, 0.25) is 0 Å². The molecular weight excluding hydrogens is 492 g/mol. The fourth-order valence-electron chi connectivity index (χ4n) is 3.45. The number of nitrogens with one attached hydrogen (secondary N) is 1. The van der Waals surface area contributed by atoms with Gasteiger partial charge in [0.05, 0.1) is 29.6 Å². The molecule has 1 unspecified atom stereocenters. The van der Waals surface area contributed by atoms with Gasteiger partial charge in [-0.25, -0.2) is 9.79 Å². The van der Waals surface area contributed by atoms with E-state index in [4.69, 9.17) is 4.74 Å². The minimum Gasteiger partial charge on any atom is -0.463 e. The van der Waals surface area contributed by atoms with Crippen LogP contribution in [0.5, 0.6) is 0 Å². The molecule has 2 aliphatic rings. The van der Waals surface area contributed by atoms with Crippen molar-refractivity contribution >= 4 is 55.5 Å². The van der Waals surface area contributed by atoms with Gasteiger partial charge in [-0.3, -0.25) is 15.1 Å². The van der Waals surface area contributed by atoms with E-state index < -0.39 is 12.0 Å². The number of benzene rings is 2. The van der Waals surface area contributed by atoms with E-state index in [-0.39, 0.29) is 17.6 Å². The molecule has 9 heteroatoms. The Morgan fingerprint density at radius 3 is 2.53 bits per heavy atom. The summed E-state index contributed by atoms with van der Waals surface area (Å²) in [5, 5.41) is 5.05. The molecule has 0 bridgehead atoms. The molecule has 32 heavy (non-hydrogen) atoms. The standard InChI is InChI=1S/C23H21BrN4O3S/c1-4-31-22(30)18-14(3)25-23-28(19(18)15-7-5-13(2)6-8-15)21(29)20(32-23)27-26-17-11-9-16(24)10-12-17/h5-12,19,26H,4H2,1-3H3. The number of hydrogen-bond donors (Lipinski definition) is 1. The van der Waals surface area contributed by atoms with Crippen molar-refractivity contribution in [2.45, 2.75) is 26.8 Å². The summed E-state index contributed by atoms with van der Waals surface area (Å²) in [6.45, 7) is 5.74. The van der Waals surface area contributed by atoms with Crippen LogP contribution < -0.4 is 5.43 Å². The number of carbonyl (C=O) groups excluding carboxylic acids is 2. The predicted molar refractivity (Wildman–Crippen MR) is 130 cm³/mol. The Balaban J connectivity index is 1.71. The third-order valence-electron chi connectivity index (χ3n) is 5.00. The number of thioether (sulfide) groups is 1. The average Bonchev–Trinajstić information content (AvgIpc) is 3.08. The number of hydrogen-bond acceptors (Lipinski definition) is 7. The second-order valence-corrected chi connectivity index (χ2v) is 9.11. The predicted octanol–water partition coefficient (Wildman–Crippen LogP) is 5.01. The van der Waals surface area contributed by atoms with E-state index in [9.17, 15) is 9.59 Å². The van der Waals surface area contributed by atoms with Gasteiger partial charge >= 0.3 is 5.97 Å². The SMILES string of the molecule is CCOC(=O)C1=C(C)N=C2SC(=NNc3ccc(Br)cc3)C(=O)N2C1c1ccc(C)cc1. The first-order valence-corrected chi connectivity index (χ1v) is 11.6. The molecule has 164 valence electrons. The minimum atomic E-state index is -0.637. The van der Waals surface area contributed by atoms with Crippen LogP contribution in [0.2, 0.25) is 0 Å². The zero-order valence-electron chi connectivity index (χ0n) is 17.8. The number of rotatable bonds is 5. The lowest BCUT2D eigenvalue weighted by molar-refractivity contribution is -0.139. The van der Waals surface area contributed by atoms with Crippen LogP contribution in [0.1, 0.15) is 31.0 Å². The molecule has 0 radical (unpaired) electrons. The van der Waals surface area contributed by atoms with E-state index in [2.05, 4.69) is 31.4 Å². The highest BCUT2D eigenvalue weighted by Gasteiger charge is 2.46. The number of esters is 1. The summed E-state index contributed by atoms with van der Waals surface area (Å²) in [5.41, 5.74) is 6.45. The first-order valence-electron chi connectivity index (χ1n) is 10.0. The molecule has 0 spiro atoms. The van der Waals surface area contributed by atoms with Crippen molar-refractivity contribution in [2.75, 3.05) is 12.0 Å². The smallest absolute Gasteiger partial charge is 0.338 e. The summed E-state index contributed by atoms with van der Waals surface area (Å²) < 4.78 is 6.24. The number of ether oxygens (including phenoxy) is 1. The zero-order chi connectivity index (χ0) is 22.8. The molecule has 1 fully saturated rings. The fraction of sp³-hybridized carbons (Fsp3) is 0.217. The van der Waals surface area contributed by atoms with E-state index >= 15 is 0 Å². The molecular formula is C23H21BrN4O3S. The number of fused-ring (bicyclic) bond motifs is 1. The lowest BCUT2D eigenvalue weighted by Gasteiger charge is -2.32. The molecule has 1 saturated heterocycles. The van der Waals surface area contributed by atoms with Crippen molar-refractivity contribution in [3.63, 3.8) is 0 Å². The Bertz CT molecular complexity index is 1160. The maximum absolute atomic E-state index is 13.4. The maximum atomic E-state index is 13.4. The summed E-state index contributed by atoms with van der Waals surface area (Å²) in [6.07, 6.45) is 0. The van der Waals surface area contributed by atoms with Gasteiger partial charge in [0.15, 0.2) is 10.2 Å². The van der Waals surface area contributed by atoms with Crippen LogP contribution in [0.4, 0.5) is 5.69 Å². The molecule has 0 aromatic heterocycles. The van der Waals surface area contributed by atoms with Crippen molar-refractivity contribution in [1.29, 1.82) is 0 Å². The van der Waals surface area contributed by atoms with Gasteiger partial charge < -0.3 is 4.74 Å². The normalized spacial score (nSPS) is 19.2. The lowest BCUT2D eigenvalue weighted by atomic mass is 9.94. The van der Waals surface area contributed by atoms with Gasteiger partial charge in [0.1, 0.15) is 0 Å². The van der Waals surface area contributed by atoms with Gasteiger partial charge in [-0.2, -0.15) is 5.10 Å². The number of amides is 1. The van der Waals surface area contributed by atoms with Crippen molar-refractivity contribution in [1.82, 2.24) is 4.90 Å². The number of aryl methyl sites for hydroxylation is 1. The van der Waals surface area contributed by atoms with Crippen molar-refractivity contribution in [3.8, 4) is 0 Å². The Labute approximate surface area is 198 Å². The Morgan fingerprint density at radius 1 is 1.19 bits per heavy atom. The second-order valence-electron chi connectivity index (χ2n) is 7.24. The third kappa shape index (κ3) is 4.35. The molecule has 0 saturated carbocycles. The van der Waals surface area contributed by atoms with Crippen molar-refractivity contribution < 1.29 is 14.3 Å². The largest absolute Gasteiger partial charge is 0.463 e. The molecule has 1 N–H and O–H groups in total. The lowest BCUT2D eigenvalue weighted by Crippen LogP contribution is -2.40. The van der Waals surface area contributed by atoms with E-state index in [1.165, 1.54) is 16.7 Å². The van der Waals surface area contributed by atoms with Gasteiger partial charge in [0, 0.05) is 4.47 Å². The maximum Gasteiger partial charge on any atom is 0.338 e. The Hall–Kier alpha value is -2.91. The van der Waals surface area contributed by atoms with Gasteiger partial charge in [-0.15, -0.1) is 0 Å². The first kappa shape index (κ1) is 22.3. The summed E-state index contributed by atoms with van der Waals surface area (Å²) in [6, 6.07) is 14.6. The monoisotopic (exact) mass is 512 g/mol. The molecule has 2 heterocycles. The Kier molecular flexibility index (Phi) is 6.48. The number of hydrazone groups is 1. The highest BCUT2D eigenvalue weighted by atomic mass is 79.9. The molecule has 1 atom stereocenters. The van der Waals surface area contributed by atoms with Crippen LogP contribution in [0.3, 0.4) is 0 Å². The zero-order valence-corrected chi connectivity index (χ0v) is 20.2. The van der Waals surface area contributed by atoms with E-state index in [1.54, 1.807) is 13.8 Å². The van der Waals surface area contributed by atoms with E-state index in [1.807, 2.05) is 55.5 Å². The van der Waals surface area contributed by atoms with Crippen LogP contribution in [-0.2, 0) is 14.3 Å².